The number of cyclic esters (lactones) is 1. The summed E-state index contributed by atoms with van der Waals surface area (Å²) >= 11 is 0. The molecule has 0 amide bonds. The minimum absolute atomic E-state index is 0.0351. The first-order valence-corrected chi connectivity index (χ1v) is 33.8. The van der Waals surface area contributed by atoms with E-state index < -0.39 is 22.3 Å². The van der Waals surface area contributed by atoms with Crippen LogP contribution in [0.5, 0.6) is 5.75 Å². The molecule has 4 aromatic carbocycles. The zero-order valence-electron chi connectivity index (χ0n) is 52.6. The van der Waals surface area contributed by atoms with E-state index in [1.807, 2.05) is 32.2 Å². The van der Waals surface area contributed by atoms with E-state index in [0.29, 0.717) is 73.8 Å². The van der Waals surface area contributed by atoms with Gasteiger partial charge in [0, 0.05) is 60.5 Å². The largest absolute Gasteiger partial charge is 0.508 e. The molecule has 0 radical (unpaired) electrons. The third-order valence-electron chi connectivity index (χ3n) is 23.2. The second kappa shape index (κ2) is 24.3. The van der Waals surface area contributed by atoms with E-state index in [1.165, 1.54) is 22.3 Å². The number of hydrogen-bond donors (Lipinski definition) is 8. The van der Waals surface area contributed by atoms with Gasteiger partial charge in [0.1, 0.15) is 17.3 Å². The van der Waals surface area contributed by atoms with Gasteiger partial charge in [-0.2, -0.15) is 0 Å². The number of rotatable bonds is 11. The number of aromatic hydroxyl groups is 1. The van der Waals surface area contributed by atoms with Gasteiger partial charge in [-0.05, 0) is 232 Å². The second-order valence-electron chi connectivity index (χ2n) is 28.6. The van der Waals surface area contributed by atoms with Crippen molar-refractivity contribution in [3.8, 4) is 28.7 Å². The molecule has 2 spiro atoms. The number of esters is 2. The van der Waals surface area contributed by atoms with Crippen molar-refractivity contribution in [3.05, 3.63) is 177 Å². The Morgan fingerprint density at radius 1 is 0.854 bits per heavy atom. The Bertz CT molecular complexity index is 3640. The molecule has 466 valence electrons. The van der Waals surface area contributed by atoms with E-state index >= 15 is 9.59 Å². The highest BCUT2D eigenvalue weighted by molar-refractivity contribution is 6.08. The fourth-order valence-corrected chi connectivity index (χ4v) is 19.1. The van der Waals surface area contributed by atoms with Gasteiger partial charge in [0.15, 0.2) is 0 Å². The smallest absolute Gasteiger partial charge is 0.340 e. The Labute approximate surface area is 526 Å². The molecule has 12 nitrogen and oxygen atoms in total. The number of aliphatic hydroxyl groups excluding tert-OH is 1. The highest BCUT2D eigenvalue weighted by atomic mass is 16.6. The number of ether oxygens (including phenoxy) is 2. The van der Waals surface area contributed by atoms with E-state index in [4.69, 9.17) is 9.47 Å². The van der Waals surface area contributed by atoms with Crippen LogP contribution < -0.4 is 26.6 Å². The first-order chi connectivity index (χ1) is 43.3. The first-order valence-electron chi connectivity index (χ1n) is 33.8. The number of phenolic OH excluding ortho intramolecular Hbond substituents is 1. The lowest BCUT2D eigenvalue weighted by atomic mass is 9.38. The number of aliphatic hydroxyl groups is 2. The maximum absolute atomic E-state index is 15.9. The standard InChI is InChI=1S/C77H91N5O7/c1-5-30-79-44-51-34-49-23-31-80-63-21-28-76-27-19-59-64(22-26-75(56-24-32-81-66(40-56)78-4)42-55-36-50(45-83)14-11-25-74(3,87)46-82-70(61(55)43-75)54(35-49)37-51)88-72(85)68(59)71(76)77-29-20-62(76)67(60-41-57(84)17-18-58(60)52-15-10-16-53(63)39-52)69(77)73(86)89-65(77)38-47(6-2)33-48-12-8-7-9-13-48/h7-10,12-13,15-18,21-22,28,34-35,37-39,41,47,50,55-56,61-63,66,70-71,78-84,87H,5-6,19-20,23-27,29-33,36,40,42-46H2,1-4H3. The van der Waals surface area contributed by atoms with Crippen LogP contribution in [0, 0.1) is 69.5 Å². The van der Waals surface area contributed by atoms with Crippen LogP contribution in [0.15, 0.2) is 144 Å². The van der Waals surface area contributed by atoms with Crippen molar-refractivity contribution in [2.75, 3.05) is 39.8 Å². The van der Waals surface area contributed by atoms with Gasteiger partial charge in [0.2, 0.25) is 0 Å². The lowest BCUT2D eigenvalue weighted by Crippen LogP contribution is -2.58. The van der Waals surface area contributed by atoms with Crippen LogP contribution in [-0.2, 0) is 38.4 Å². The average Bonchev–Trinajstić information content (AvgIpc) is 1.46. The number of phenols is 1. The van der Waals surface area contributed by atoms with Crippen LogP contribution in [0.4, 0.5) is 0 Å². The van der Waals surface area contributed by atoms with Crippen molar-refractivity contribution >= 4 is 17.5 Å². The Balaban J connectivity index is 1.01. The molecule has 89 heavy (non-hydrogen) atoms. The van der Waals surface area contributed by atoms with E-state index in [2.05, 4.69) is 143 Å². The number of allylic oxidation sites excluding steroid dienone is 6. The molecule has 2 saturated heterocycles. The van der Waals surface area contributed by atoms with Crippen LogP contribution >= 0.6 is 0 Å². The predicted molar refractivity (Wildman–Crippen MR) is 348 cm³/mol. The Morgan fingerprint density at radius 2 is 1.73 bits per heavy atom. The first kappa shape index (κ1) is 60.2. The average molecular weight is 1200 g/mol. The molecule has 12 heteroatoms. The van der Waals surface area contributed by atoms with E-state index in [0.717, 1.165) is 117 Å². The molecule has 4 aromatic rings. The fraction of sp³-hybridized carbons (Fsp3) is 0.506. The molecular formula is C77H91N5O7. The second-order valence-corrected chi connectivity index (χ2v) is 28.6. The van der Waals surface area contributed by atoms with Gasteiger partial charge >= 0.3 is 11.9 Å². The highest BCUT2D eigenvalue weighted by Gasteiger charge is 2.73. The summed E-state index contributed by atoms with van der Waals surface area (Å²) in [5, 5.41) is 54.3. The van der Waals surface area contributed by atoms with Crippen molar-refractivity contribution in [2.24, 2.45) is 57.7 Å². The molecule has 16 rings (SSSR count). The summed E-state index contributed by atoms with van der Waals surface area (Å²) in [5.41, 5.74) is 8.94. The molecule has 8 N–H and O–H groups in total. The summed E-state index contributed by atoms with van der Waals surface area (Å²) in [6.45, 7) is 9.79. The summed E-state index contributed by atoms with van der Waals surface area (Å²) < 4.78 is 13.8. The molecule has 12 aliphatic rings. The number of fused-ring (bicyclic) bond motifs is 9. The molecule has 0 aromatic heterocycles. The van der Waals surface area contributed by atoms with Crippen molar-refractivity contribution in [1.29, 1.82) is 0 Å². The highest BCUT2D eigenvalue weighted by Crippen LogP contribution is 2.77. The Morgan fingerprint density at radius 3 is 2.56 bits per heavy atom. The van der Waals surface area contributed by atoms with Crippen LogP contribution in [0.3, 0.4) is 0 Å². The minimum atomic E-state index is -1.11. The zero-order valence-corrected chi connectivity index (χ0v) is 52.6. The molecule has 6 aliphatic heterocycles. The normalized spacial score (nSPS) is 34.4. The summed E-state index contributed by atoms with van der Waals surface area (Å²) in [7, 11) is 2.05. The molecule has 4 fully saturated rings. The van der Waals surface area contributed by atoms with Gasteiger partial charge in [0.05, 0.1) is 35.4 Å². The fourth-order valence-electron chi connectivity index (χ4n) is 19.1. The number of nitrogens with one attached hydrogen (secondary N) is 5. The van der Waals surface area contributed by atoms with E-state index in [1.54, 1.807) is 6.07 Å². The van der Waals surface area contributed by atoms with Crippen LogP contribution in [0.25, 0.3) is 16.7 Å². The number of carbonyl (C=O) groups is 2. The monoisotopic (exact) mass is 1200 g/mol. The van der Waals surface area contributed by atoms with Gasteiger partial charge in [-0.15, -0.1) is 0 Å². The Hall–Kier alpha value is -6.40. The van der Waals surface area contributed by atoms with E-state index in [9.17, 15) is 15.3 Å². The molecule has 14 atom stereocenters. The number of β-amino-alcohol motifs (C(OH)–C–C–N with tert-alkyl or cyclic N) is 1. The molecule has 6 aliphatic carbocycles. The Kier molecular flexibility index (Phi) is 16.5. The summed E-state index contributed by atoms with van der Waals surface area (Å²) in [6.07, 6.45) is 21.1. The van der Waals surface area contributed by atoms with Crippen LogP contribution in [0.2, 0.25) is 0 Å². The molecular weight excluding hydrogens is 1110 g/mol. The predicted octanol–water partition coefficient (Wildman–Crippen LogP) is 11.8. The van der Waals surface area contributed by atoms with Gasteiger partial charge in [0.25, 0.3) is 0 Å². The zero-order chi connectivity index (χ0) is 61.2. The van der Waals surface area contributed by atoms with Crippen molar-refractivity contribution < 1.29 is 34.4 Å². The summed E-state index contributed by atoms with van der Waals surface area (Å²) in [4.78, 5) is 31.6. The number of benzene rings is 4. The van der Waals surface area contributed by atoms with Gasteiger partial charge in [-0.3, -0.25) is 0 Å². The molecule has 14 bridgehead atoms. The number of piperidine rings is 1. The van der Waals surface area contributed by atoms with Crippen molar-refractivity contribution in [1.82, 2.24) is 26.6 Å². The lowest BCUT2D eigenvalue weighted by Gasteiger charge is -2.62. The van der Waals surface area contributed by atoms with Gasteiger partial charge in [-0.1, -0.05) is 111 Å². The number of carbonyl (C=O) groups excluding carboxylic acids is 2. The maximum atomic E-state index is 15.9. The molecule has 6 heterocycles. The quantitative estimate of drug-likeness (QED) is 0.0310. The van der Waals surface area contributed by atoms with Crippen LogP contribution in [-0.4, -0.2) is 78.9 Å². The van der Waals surface area contributed by atoms with Gasteiger partial charge < -0.3 is 51.4 Å². The van der Waals surface area contributed by atoms with Crippen LogP contribution in [0.1, 0.15) is 150 Å². The van der Waals surface area contributed by atoms with Crippen molar-refractivity contribution in [3.63, 3.8) is 0 Å². The topological polar surface area (TPSA) is 173 Å². The molecule has 2 saturated carbocycles. The third kappa shape index (κ3) is 10.8. The minimum Gasteiger partial charge on any atom is -0.508 e. The van der Waals surface area contributed by atoms with E-state index in [-0.39, 0.29) is 77.5 Å². The van der Waals surface area contributed by atoms with Gasteiger partial charge in [-0.25, -0.2) is 9.59 Å². The van der Waals surface area contributed by atoms with Crippen molar-refractivity contribution in [2.45, 2.75) is 147 Å². The summed E-state index contributed by atoms with van der Waals surface area (Å²) in [6, 6.07) is 31.9. The lowest BCUT2D eigenvalue weighted by molar-refractivity contribution is -0.135. The SMILES string of the molecule is CCCNCc1cc2cc(c1)C1NCC(C)(O)CC#CC(CO)CC3CC(C4CCNC(NC)C4)(CC=C4OC(=O)C5=C4CCC46C=CC(NCC2)c2cccc(c2)-c2ccc(O)cc2C2=C7C(=O)OC(=CC(CC)Cc8ccccc8)C7(CCC24)C56)CC31. The number of hydrogen-bond acceptors (Lipinski definition) is 12. The summed E-state index contributed by atoms with van der Waals surface area (Å²) in [5.74, 6) is 7.24. The maximum Gasteiger partial charge on any atom is 0.340 e. The third-order valence-corrected chi connectivity index (χ3v) is 23.2. The molecule has 14 unspecified atom stereocenters.